The number of alkyl halides is 3. The summed E-state index contributed by atoms with van der Waals surface area (Å²) < 4.78 is 70.9. The first-order valence-corrected chi connectivity index (χ1v) is 11.3. The van der Waals surface area contributed by atoms with E-state index < -0.39 is 11.7 Å². The van der Waals surface area contributed by atoms with Crippen LogP contribution in [0.15, 0.2) is 47.4 Å². The molecule has 0 N–H and O–H groups in total. The van der Waals surface area contributed by atoms with Crippen LogP contribution in [-0.2, 0) is 25.1 Å². The molecule has 0 saturated carbocycles. The highest BCUT2D eigenvalue weighted by molar-refractivity contribution is 7.99. The van der Waals surface area contributed by atoms with Crippen molar-refractivity contribution >= 4 is 11.8 Å². The zero-order valence-corrected chi connectivity index (χ0v) is 19.4. The molecule has 0 radical (unpaired) electrons. The van der Waals surface area contributed by atoms with Crippen LogP contribution in [0.5, 0.6) is 11.5 Å². The van der Waals surface area contributed by atoms with Gasteiger partial charge < -0.3 is 28.4 Å². The lowest BCUT2D eigenvalue weighted by Gasteiger charge is -2.33. The van der Waals surface area contributed by atoms with Crippen LogP contribution in [-0.4, -0.2) is 51.6 Å². The summed E-state index contributed by atoms with van der Waals surface area (Å²) in [6, 6.07) is 10.4. The molecule has 1 saturated heterocycles. The smallest absolute Gasteiger partial charge is 0.416 e. The van der Waals surface area contributed by atoms with Gasteiger partial charge in [-0.05, 0) is 61.9 Å². The van der Waals surface area contributed by atoms with Gasteiger partial charge in [-0.25, -0.2) is 0 Å². The highest BCUT2D eigenvalue weighted by Crippen LogP contribution is 2.31. The van der Waals surface area contributed by atoms with Gasteiger partial charge in [-0.15, -0.1) is 11.8 Å². The molecule has 182 valence electrons. The molecule has 0 aromatic heterocycles. The van der Waals surface area contributed by atoms with E-state index >= 15 is 0 Å². The maximum absolute atomic E-state index is 12.7. The minimum atomic E-state index is -4.38. The summed E-state index contributed by atoms with van der Waals surface area (Å²) >= 11 is 1.57. The highest BCUT2D eigenvalue weighted by atomic mass is 32.2. The number of thioether (sulfide) groups is 1. The first-order chi connectivity index (χ1) is 15.7. The molecule has 2 aromatic rings. The third-order valence-electron chi connectivity index (χ3n) is 4.68. The van der Waals surface area contributed by atoms with Crippen molar-refractivity contribution < 1.29 is 41.6 Å². The SMILES string of the molecule is COCOC(COc1ccc(C(F)(F)F)cc1)CSc1ccc(OCC2OC(C)O2)c(C)c1. The van der Waals surface area contributed by atoms with Crippen molar-refractivity contribution in [3.05, 3.63) is 53.6 Å². The number of benzene rings is 2. The molecular formula is C23H27F3O6S. The van der Waals surface area contributed by atoms with Gasteiger partial charge in [-0.2, -0.15) is 13.2 Å². The third-order valence-corrected chi connectivity index (χ3v) is 5.81. The maximum atomic E-state index is 12.7. The van der Waals surface area contributed by atoms with Crippen molar-refractivity contribution in [3.63, 3.8) is 0 Å². The summed E-state index contributed by atoms with van der Waals surface area (Å²) in [5, 5.41) is 0. The third kappa shape index (κ3) is 8.08. The average molecular weight is 489 g/mol. The first kappa shape index (κ1) is 25.6. The summed E-state index contributed by atoms with van der Waals surface area (Å²) in [5.74, 6) is 1.65. The van der Waals surface area contributed by atoms with Gasteiger partial charge in [0, 0.05) is 17.8 Å². The summed E-state index contributed by atoms with van der Waals surface area (Å²) in [6.07, 6.45) is -5.23. The van der Waals surface area contributed by atoms with E-state index in [-0.39, 0.29) is 32.1 Å². The van der Waals surface area contributed by atoms with Crippen LogP contribution in [0.4, 0.5) is 13.2 Å². The van der Waals surface area contributed by atoms with Crippen LogP contribution >= 0.6 is 11.8 Å². The van der Waals surface area contributed by atoms with Gasteiger partial charge in [0.05, 0.1) is 5.56 Å². The standard InChI is InChI=1S/C23H27F3O6S/c1-15-10-20(8-9-21(15)29-12-22-31-16(2)32-22)33-13-19(30-14-27-3)11-28-18-6-4-17(5-7-18)23(24,25)26/h4-10,16,19,22H,11-14H2,1-3H3. The zero-order chi connectivity index (χ0) is 23.8. The van der Waals surface area contributed by atoms with Gasteiger partial charge in [-0.3, -0.25) is 0 Å². The van der Waals surface area contributed by atoms with Gasteiger partial charge >= 0.3 is 6.18 Å². The van der Waals surface area contributed by atoms with E-state index in [1.807, 2.05) is 32.0 Å². The number of hydrogen-bond donors (Lipinski definition) is 0. The van der Waals surface area contributed by atoms with Gasteiger partial charge in [-0.1, -0.05) is 0 Å². The first-order valence-electron chi connectivity index (χ1n) is 10.3. The van der Waals surface area contributed by atoms with Gasteiger partial charge in [0.25, 0.3) is 0 Å². The Balaban J connectivity index is 1.49. The molecule has 0 bridgehead atoms. The number of hydrogen-bond acceptors (Lipinski definition) is 7. The number of halogens is 3. The van der Waals surface area contributed by atoms with Gasteiger partial charge in [0.15, 0.2) is 12.6 Å². The van der Waals surface area contributed by atoms with Gasteiger partial charge in [0.2, 0.25) is 0 Å². The Morgan fingerprint density at radius 2 is 1.79 bits per heavy atom. The van der Waals surface area contributed by atoms with Crippen LogP contribution in [0.25, 0.3) is 0 Å². The molecule has 1 aliphatic heterocycles. The lowest BCUT2D eigenvalue weighted by atomic mass is 10.2. The second kappa shape index (κ2) is 11.9. The molecule has 33 heavy (non-hydrogen) atoms. The lowest BCUT2D eigenvalue weighted by Crippen LogP contribution is -2.42. The molecule has 6 nitrogen and oxygen atoms in total. The minimum Gasteiger partial charge on any atom is -0.491 e. The van der Waals surface area contributed by atoms with E-state index in [0.29, 0.717) is 18.1 Å². The molecule has 1 unspecified atom stereocenters. The van der Waals surface area contributed by atoms with Crippen LogP contribution in [0.3, 0.4) is 0 Å². The summed E-state index contributed by atoms with van der Waals surface area (Å²) in [7, 11) is 1.52. The fourth-order valence-corrected chi connectivity index (χ4v) is 3.97. The predicted octanol–water partition coefficient (Wildman–Crippen LogP) is 5.27. The largest absolute Gasteiger partial charge is 0.491 e. The highest BCUT2D eigenvalue weighted by Gasteiger charge is 2.30. The Morgan fingerprint density at radius 1 is 1.06 bits per heavy atom. The Morgan fingerprint density at radius 3 is 2.39 bits per heavy atom. The van der Waals surface area contributed by atoms with E-state index in [4.69, 9.17) is 28.4 Å². The molecule has 3 rings (SSSR count). The van der Waals surface area contributed by atoms with Crippen LogP contribution in [0.1, 0.15) is 18.1 Å². The molecule has 1 aliphatic rings. The Hall–Kier alpha value is -1.98. The van der Waals surface area contributed by atoms with E-state index in [9.17, 15) is 13.2 Å². The summed E-state index contributed by atoms with van der Waals surface area (Å²) in [5.41, 5.74) is 0.255. The van der Waals surface area contributed by atoms with Crippen LogP contribution < -0.4 is 9.47 Å². The molecule has 1 atom stereocenters. The zero-order valence-electron chi connectivity index (χ0n) is 18.6. The van der Waals surface area contributed by atoms with Gasteiger partial charge in [0.1, 0.15) is 37.6 Å². The van der Waals surface area contributed by atoms with E-state index in [1.54, 1.807) is 11.8 Å². The normalized spacial score (nSPS) is 19.1. The van der Waals surface area contributed by atoms with Crippen molar-refractivity contribution in [1.29, 1.82) is 0 Å². The summed E-state index contributed by atoms with van der Waals surface area (Å²) in [6.45, 7) is 4.36. The Kier molecular flexibility index (Phi) is 9.27. The molecular weight excluding hydrogens is 461 g/mol. The fraction of sp³-hybridized carbons (Fsp3) is 0.478. The molecule has 10 heteroatoms. The number of aryl methyl sites for hydroxylation is 1. The van der Waals surface area contributed by atoms with Crippen molar-refractivity contribution in [2.24, 2.45) is 0 Å². The lowest BCUT2D eigenvalue weighted by molar-refractivity contribution is -0.380. The molecule has 0 amide bonds. The molecule has 2 aromatic carbocycles. The summed E-state index contributed by atoms with van der Waals surface area (Å²) in [4.78, 5) is 1.02. The predicted molar refractivity (Wildman–Crippen MR) is 117 cm³/mol. The fourth-order valence-electron chi connectivity index (χ4n) is 2.97. The van der Waals surface area contributed by atoms with Crippen molar-refractivity contribution in [3.8, 4) is 11.5 Å². The van der Waals surface area contributed by atoms with Crippen LogP contribution in [0, 0.1) is 6.92 Å². The Labute approximate surface area is 195 Å². The maximum Gasteiger partial charge on any atom is 0.416 e. The Bertz CT molecular complexity index is 871. The van der Waals surface area contributed by atoms with Crippen molar-refractivity contribution in [2.45, 2.75) is 43.6 Å². The molecule has 1 heterocycles. The van der Waals surface area contributed by atoms with Crippen LogP contribution in [0.2, 0.25) is 0 Å². The number of methoxy groups -OCH3 is 1. The van der Waals surface area contributed by atoms with E-state index in [0.717, 1.165) is 28.3 Å². The number of ether oxygens (including phenoxy) is 6. The second-order valence-corrected chi connectivity index (χ2v) is 8.44. The second-order valence-electron chi connectivity index (χ2n) is 7.35. The number of rotatable bonds is 12. The van der Waals surface area contributed by atoms with Crippen molar-refractivity contribution in [1.82, 2.24) is 0 Å². The topological polar surface area (TPSA) is 55.4 Å². The molecule has 0 spiro atoms. The monoisotopic (exact) mass is 488 g/mol. The quantitative estimate of drug-likeness (QED) is 0.298. The van der Waals surface area contributed by atoms with E-state index in [2.05, 4.69) is 0 Å². The minimum absolute atomic E-state index is 0.0807. The molecule has 0 aliphatic carbocycles. The van der Waals surface area contributed by atoms with Crippen molar-refractivity contribution in [2.75, 3.05) is 32.9 Å². The molecule has 1 fully saturated rings. The van der Waals surface area contributed by atoms with E-state index in [1.165, 1.54) is 19.2 Å². The average Bonchev–Trinajstić information content (AvgIpc) is 2.76.